The van der Waals surface area contributed by atoms with Gasteiger partial charge in [-0.15, -0.1) is 10.2 Å². The second-order valence-electron chi connectivity index (χ2n) is 18.4. The zero-order valence-electron chi connectivity index (χ0n) is 41.0. The third kappa shape index (κ3) is 22.7. The van der Waals surface area contributed by atoms with Crippen LogP contribution in [0.2, 0.25) is 0 Å². The molecule has 4 saturated heterocycles. The number of hydrogen-bond donors (Lipinski definition) is 5. The van der Waals surface area contributed by atoms with Gasteiger partial charge in [-0.3, -0.25) is 26.1 Å². The molecule has 5 heterocycles. The van der Waals surface area contributed by atoms with E-state index < -0.39 is 35.3 Å². The summed E-state index contributed by atoms with van der Waals surface area (Å²) < 4.78 is 107. The highest BCUT2D eigenvalue weighted by Crippen LogP contribution is 2.37. The fraction of sp³-hybridized carbons (Fsp3) is 0.460. The van der Waals surface area contributed by atoms with Gasteiger partial charge in [-0.1, -0.05) is 79.0 Å². The number of epoxide rings is 1. The van der Waals surface area contributed by atoms with Gasteiger partial charge >= 0.3 is 12.4 Å². The summed E-state index contributed by atoms with van der Waals surface area (Å²) in [5, 5.41) is 30.7. The number of amidine groups is 1. The van der Waals surface area contributed by atoms with Gasteiger partial charge in [0.1, 0.15) is 11.6 Å². The van der Waals surface area contributed by atoms with Crippen molar-refractivity contribution in [2.45, 2.75) is 81.5 Å². The lowest BCUT2D eigenvalue weighted by Gasteiger charge is -2.30. The molecule has 8 N–H and O–H groups in total. The van der Waals surface area contributed by atoms with Crippen LogP contribution in [0.15, 0.2) is 97.1 Å². The van der Waals surface area contributed by atoms with E-state index in [0.717, 1.165) is 84.7 Å². The van der Waals surface area contributed by atoms with E-state index in [0.29, 0.717) is 87.7 Å². The molecule has 0 atom stereocenters. The van der Waals surface area contributed by atoms with E-state index in [-0.39, 0.29) is 12.4 Å². The van der Waals surface area contributed by atoms with Gasteiger partial charge in [-0.25, -0.2) is 0 Å². The predicted octanol–water partition coefficient (Wildman–Crippen LogP) is 7.87. The van der Waals surface area contributed by atoms with Crippen molar-refractivity contribution in [3.8, 4) is 11.4 Å². The van der Waals surface area contributed by atoms with Crippen molar-refractivity contribution in [3.63, 3.8) is 0 Å². The second-order valence-corrected chi connectivity index (χ2v) is 31.9. The Hall–Kier alpha value is -4.73. The molecule has 9 rings (SSSR count). The molecule has 4 fully saturated rings. The maximum absolute atomic E-state index is 12.8. The molecule has 23 heteroatoms. The number of ether oxygens (including phenoxy) is 4. The highest BCUT2D eigenvalue weighted by atomic mass is 127. The Kier molecular flexibility index (Phi) is 22.6. The van der Waals surface area contributed by atoms with Crippen LogP contribution < -0.4 is 17.4 Å². The van der Waals surface area contributed by atoms with Gasteiger partial charge in [0.15, 0.2) is 0 Å². The van der Waals surface area contributed by atoms with Crippen molar-refractivity contribution in [1.82, 2.24) is 20.2 Å². The SMILES string of the molecule is C1CC2(CCO1)CO2.CS(C)(C)(=O)I.N=C(N)c1ccccc1Cc1ccc(C(F)(F)F)cc1.NN.O=C1CCOCC1.OC1(Cn2nnc(-c3ccccc3Cc3ccc(C(F)(F)F)cc3)n2)CCOCC1. The first-order chi connectivity index (χ1) is 34.2. The number of hydrazine groups is 1. The van der Waals surface area contributed by atoms with Crippen molar-refractivity contribution in [3.05, 3.63) is 136 Å². The summed E-state index contributed by atoms with van der Waals surface area (Å²) in [5.41, 5.74) is 8.07. The summed E-state index contributed by atoms with van der Waals surface area (Å²) in [7, 11) is 0. The Morgan fingerprint density at radius 1 is 0.726 bits per heavy atom. The topological polar surface area (TPSA) is 240 Å². The minimum atomic E-state index is -4.35. The van der Waals surface area contributed by atoms with Crippen molar-refractivity contribution in [2.24, 2.45) is 17.4 Å². The van der Waals surface area contributed by atoms with Crippen LogP contribution in [-0.2, 0) is 61.7 Å². The Morgan fingerprint density at radius 3 is 1.58 bits per heavy atom. The molecule has 4 aliphatic heterocycles. The summed E-state index contributed by atoms with van der Waals surface area (Å²) in [6.07, 6.45) is -0.188. The van der Waals surface area contributed by atoms with Gasteiger partial charge in [0.05, 0.1) is 48.7 Å². The Morgan fingerprint density at radius 2 is 1.15 bits per heavy atom. The van der Waals surface area contributed by atoms with Crippen LogP contribution in [-0.4, -0.2) is 117 Å². The Bertz CT molecular complexity index is 2550. The molecule has 5 aromatic rings. The van der Waals surface area contributed by atoms with E-state index in [1.807, 2.05) is 57.6 Å². The number of rotatable bonds is 8. The average Bonchev–Trinajstić information content (AvgIpc) is 3.92. The van der Waals surface area contributed by atoms with Gasteiger partial charge in [0, 0.05) is 97.3 Å². The third-order valence-corrected chi connectivity index (χ3v) is 11.2. The van der Waals surface area contributed by atoms with Crippen LogP contribution >= 0.6 is 21.2 Å². The summed E-state index contributed by atoms with van der Waals surface area (Å²) >= 11 is 1.96. The maximum atomic E-state index is 12.8. The number of carbonyl (C=O) groups is 1. The number of nitrogens with one attached hydrogen (secondary N) is 1. The van der Waals surface area contributed by atoms with Gasteiger partial charge in [0.2, 0.25) is 5.82 Å². The first-order valence-electron chi connectivity index (χ1n) is 23.1. The number of benzene rings is 4. The van der Waals surface area contributed by atoms with Gasteiger partial charge < -0.3 is 29.8 Å². The number of carbonyl (C=O) groups excluding carboxylic acids is 1. The molecule has 0 radical (unpaired) electrons. The minimum absolute atomic E-state index is 0.0486. The number of nitrogen functional groups attached to an aromatic ring is 1. The first-order valence-corrected chi connectivity index (χ1v) is 28.8. The molecule has 402 valence electrons. The number of tetrazole rings is 1. The molecule has 4 aromatic carbocycles. The number of nitrogens with zero attached hydrogens (tertiary/aromatic N) is 4. The molecular formula is C50H65F6IN8O7S. The number of ketones is 1. The molecule has 1 aromatic heterocycles. The summed E-state index contributed by atoms with van der Waals surface area (Å²) in [6, 6.07) is 24.7. The number of Topliss-reactive ketones (excluding diaryl/α,β-unsaturated/α-hetero) is 1. The van der Waals surface area contributed by atoms with E-state index in [2.05, 4.69) is 27.1 Å². The molecule has 0 amide bonds. The van der Waals surface area contributed by atoms with E-state index in [1.165, 1.54) is 29.1 Å². The van der Waals surface area contributed by atoms with Crippen LogP contribution in [0.1, 0.15) is 77.5 Å². The molecule has 0 saturated carbocycles. The quantitative estimate of drug-likeness (QED) is 0.0145. The number of aliphatic hydroxyl groups is 1. The van der Waals surface area contributed by atoms with Crippen LogP contribution in [0.4, 0.5) is 26.3 Å². The van der Waals surface area contributed by atoms with E-state index in [1.54, 1.807) is 30.9 Å². The highest BCUT2D eigenvalue weighted by molar-refractivity contribution is 14.2. The molecule has 0 bridgehead atoms. The monoisotopic (exact) mass is 1160 g/mol. The van der Waals surface area contributed by atoms with Crippen LogP contribution in [0.3, 0.4) is 0 Å². The molecule has 4 aliphatic rings. The van der Waals surface area contributed by atoms with E-state index in [9.17, 15) is 40.5 Å². The number of halogens is 7. The zero-order valence-corrected chi connectivity index (χ0v) is 44.0. The van der Waals surface area contributed by atoms with Crippen LogP contribution in [0.5, 0.6) is 0 Å². The molecule has 0 unspecified atom stereocenters. The lowest BCUT2D eigenvalue weighted by Crippen LogP contribution is -2.40. The standard InChI is InChI=1S/C21H21F3N4O2.C15H13F3N2.C6H10O2.C5H8O2.C3H9IOS.H4N2/c22-21(23,24)17-7-5-15(6-8-17)13-16-3-1-2-4-18(16)19-25-27-28(26-19)14-20(29)9-11-30-12-10-20;16-15(17,18)12-7-5-10(6-8-12)9-11-3-1-2-4-13(11)14(19)20;1-3-7-4-2-6(1)5-8-6;6-5-1-3-7-4-2-5;1-6(2,3,4)5;1-2/h1-8,29H,9-14H2;1-8H,9H2,(H3,19,20);1-5H2;1-4H2;1-3H3;1-2H2. The smallest absolute Gasteiger partial charge is 0.388 e. The fourth-order valence-electron chi connectivity index (χ4n) is 7.22. The average molecular weight is 1160 g/mol. The van der Waals surface area contributed by atoms with Crippen molar-refractivity contribution >= 4 is 39.1 Å². The summed E-state index contributed by atoms with van der Waals surface area (Å²) in [4.78, 5) is 11.8. The molecule has 73 heavy (non-hydrogen) atoms. The number of hydrogen-bond acceptors (Lipinski definition) is 13. The van der Waals surface area contributed by atoms with Crippen molar-refractivity contribution in [2.75, 3.05) is 65.0 Å². The summed E-state index contributed by atoms with van der Waals surface area (Å²) in [6.45, 7) is 5.28. The van der Waals surface area contributed by atoms with Gasteiger partial charge in [-0.05, 0) is 83.3 Å². The summed E-state index contributed by atoms with van der Waals surface area (Å²) in [5.74, 6) is 8.70. The van der Waals surface area contributed by atoms with E-state index in [4.69, 9.17) is 30.1 Å². The number of aromatic nitrogens is 4. The second kappa shape index (κ2) is 27.2. The first kappa shape index (κ1) is 60.8. The number of nitrogens with two attached hydrogens (primary N) is 3. The minimum Gasteiger partial charge on any atom is -0.388 e. The van der Waals surface area contributed by atoms with E-state index >= 15 is 0 Å². The normalized spacial score (nSPS) is 17.3. The maximum Gasteiger partial charge on any atom is 0.416 e. The Labute approximate surface area is 433 Å². The largest absolute Gasteiger partial charge is 0.416 e. The van der Waals surface area contributed by atoms with Crippen molar-refractivity contribution in [1.29, 1.82) is 5.41 Å². The third-order valence-electron chi connectivity index (χ3n) is 11.2. The lowest BCUT2D eigenvalue weighted by atomic mass is 9.95. The lowest BCUT2D eigenvalue weighted by molar-refractivity contribution is -0.138. The number of alkyl halides is 6. The highest BCUT2D eigenvalue weighted by Gasteiger charge is 2.45. The molecule has 0 aliphatic carbocycles. The van der Waals surface area contributed by atoms with Gasteiger partial charge in [-0.2, -0.15) is 31.1 Å². The van der Waals surface area contributed by atoms with Crippen LogP contribution in [0.25, 0.3) is 11.4 Å². The van der Waals surface area contributed by atoms with Crippen molar-refractivity contribution < 1.29 is 59.4 Å². The predicted molar refractivity (Wildman–Crippen MR) is 276 cm³/mol. The fourth-order valence-corrected chi connectivity index (χ4v) is 7.22. The molecule has 15 nitrogen and oxygen atoms in total. The van der Waals surface area contributed by atoms with Gasteiger partial charge in [0.25, 0.3) is 0 Å². The zero-order chi connectivity index (χ0) is 54.0. The Balaban J connectivity index is 0.000000228. The molecule has 1 spiro atoms. The molecular weight excluding hydrogens is 1100 g/mol. The van der Waals surface area contributed by atoms with Crippen LogP contribution in [0, 0.1) is 5.41 Å².